The molecule has 2 heterocycles. The van der Waals surface area contributed by atoms with Crippen molar-refractivity contribution in [2.75, 3.05) is 4.90 Å². The van der Waals surface area contributed by atoms with Gasteiger partial charge in [-0.05, 0) is 72.8 Å². The van der Waals surface area contributed by atoms with Gasteiger partial charge in [0.15, 0.2) is 0 Å². The zero-order valence-corrected chi connectivity index (χ0v) is 21.6. The van der Waals surface area contributed by atoms with Crippen LogP contribution in [0.1, 0.15) is 0 Å². The molecule has 0 spiro atoms. The lowest BCUT2D eigenvalue weighted by Crippen LogP contribution is -2.09. The summed E-state index contributed by atoms with van der Waals surface area (Å²) >= 11 is 0. The molecule has 7 rings (SSSR count). The lowest BCUT2D eigenvalue weighted by Gasteiger charge is -2.25. The Kier molecular flexibility index (Phi) is 6.07. The van der Waals surface area contributed by atoms with Crippen LogP contribution in [0.15, 0.2) is 156 Å². The fraction of sp³-hybridized carbons (Fsp3) is 0. The highest BCUT2D eigenvalue weighted by Gasteiger charge is 2.19. The first-order valence-electron chi connectivity index (χ1n) is 13.1. The SMILES string of the molecule is c1ccc(Oc2ccc(-c3c(-c4ccc(N(c5ccccc5)c5ccccc5)cc4)nc4occn34)cc2)cc1. The molecule has 2 aromatic heterocycles. The first-order chi connectivity index (χ1) is 19.8. The van der Waals surface area contributed by atoms with Gasteiger partial charge in [0.25, 0.3) is 0 Å². The number of anilines is 3. The van der Waals surface area contributed by atoms with Crippen molar-refractivity contribution >= 4 is 22.9 Å². The molecule has 0 bridgehead atoms. The summed E-state index contributed by atoms with van der Waals surface area (Å²) in [5.74, 6) is 2.13. The van der Waals surface area contributed by atoms with Crippen LogP contribution < -0.4 is 9.64 Å². The summed E-state index contributed by atoms with van der Waals surface area (Å²) in [5.41, 5.74) is 7.10. The maximum atomic E-state index is 6.00. The number of hydrogen-bond donors (Lipinski definition) is 0. The average molecular weight is 520 g/mol. The van der Waals surface area contributed by atoms with E-state index in [0.29, 0.717) is 5.84 Å². The third kappa shape index (κ3) is 4.50. The van der Waals surface area contributed by atoms with Gasteiger partial charge >= 0.3 is 5.84 Å². The lowest BCUT2D eigenvalue weighted by molar-refractivity contribution is 0.483. The molecule has 5 aromatic carbocycles. The Balaban J connectivity index is 1.25. The first kappa shape index (κ1) is 23.6. The molecular formula is C35H25N3O2. The van der Waals surface area contributed by atoms with Crippen molar-refractivity contribution < 1.29 is 9.15 Å². The fourth-order valence-corrected chi connectivity index (χ4v) is 4.94. The van der Waals surface area contributed by atoms with Gasteiger partial charge in [-0.3, -0.25) is 4.40 Å². The molecule has 0 aliphatic heterocycles. The van der Waals surface area contributed by atoms with Crippen LogP contribution in [0.5, 0.6) is 11.5 Å². The summed E-state index contributed by atoms with van der Waals surface area (Å²) < 4.78 is 13.7. The highest BCUT2D eigenvalue weighted by molar-refractivity contribution is 5.83. The average Bonchev–Trinajstić information content (AvgIpc) is 3.62. The van der Waals surface area contributed by atoms with E-state index in [1.54, 1.807) is 6.26 Å². The van der Waals surface area contributed by atoms with Crippen molar-refractivity contribution in [1.82, 2.24) is 9.38 Å². The maximum absolute atomic E-state index is 6.00. The van der Waals surface area contributed by atoms with E-state index in [9.17, 15) is 0 Å². The van der Waals surface area contributed by atoms with Gasteiger partial charge < -0.3 is 14.1 Å². The molecule has 0 unspecified atom stereocenters. The second-order valence-electron chi connectivity index (χ2n) is 9.36. The van der Waals surface area contributed by atoms with Crippen LogP contribution in [0, 0.1) is 0 Å². The van der Waals surface area contributed by atoms with E-state index in [0.717, 1.165) is 51.1 Å². The topological polar surface area (TPSA) is 42.9 Å². The Morgan fingerprint density at radius 1 is 0.550 bits per heavy atom. The van der Waals surface area contributed by atoms with E-state index in [-0.39, 0.29) is 0 Å². The Morgan fingerprint density at radius 3 is 1.70 bits per heavy atom. The molecule has 5 nitrogen and oxygen atoms in total. The molecule has 0 aliphatic carbocycles. The number of rotatable bonds is 7. The van der Waals surface area contributed by atoms with Crippen molar-refractivity contribution in [3.8, 4) is 34.0 Å². The summed E-state index contributed by atoms with van der Waals surface area (Å²) in [6, 6.07) is 47.1. The molecule has 5 heteroatoms. The van der Waals surface area contributed by atoms with Crippen molar-refractivity contribution in [3.05, 3.63) is 152 Å². The predicted molar refractivity (Wildman–Crippen MR) is 160 cm³/mol. The van der Waals surface area contributed by atoms with Gasteiger partial charge in [0.2, 0.25) is 0 Å². The third-order valence-corrected chi connectivity index (χ3v) is 6.80. The quantitative estimate of drug-likeness (QED) is 0.210. The monoisotopic (exact) mass is 519 g/mol. The van der Waals surface area contributed by atoms with E-state index < -0.39 is 0 Å². The van der Waals surface area contributed by atoms with Gasteiger partial charge in [-0.2, -0.15) is 4.98 Å². The number of fused-ring (bicyclic) bond motifs is 1. The number of oxazole rings is 1. The van der Waals surface area contributed by atoms with Gasteiger partial charge in [-0.15, -0.1) is 0 Å². The largest absolute Gasteiger partial charge is 0.457 e. The number of nitrogens with zero attached hydrogens (tertiary/aromatic N) is 3. The van der Waals surface area contributed by atoms with Gasteiger partial charge in [-0.1, -0.05) is 66.7 Å². The van der Waals surface area contributed by atoms with Crippen LogP contribution in [-0.4, -0.2) is 9.38 Å². The molecule has 40 heavy (non-hydrogen) atoms. The molecule has 0 amide bonds. The molecule has 0 N–H and O–H groups in total. The molecule has 0 atom stereocenters. The number of imidazole rings is 1. The molecule has 0 saturated heterocycles. The van der Waals surface area contributed by atoms with Crippen molar-refractivity contribution in [1.29, 1.82) is 0 Å². The van der Waals surface area contributed by atoms with Gasteiger partial charge in [-0.25, -0.2) is 0 Å². The van der Waals surface area contributed by atoms with Crippen LogP contribution >= 0.6 is 0 Å². The van der Waals surface area contributed by atoms with Gasteiger partial charge in [0.05, 0.1) is 5.69 Å². The molecule has 192 valence electrons. The Bertz CT molecular complexity index is 1800. The number of para-hydroxylation sites is 3. The highest BCUT2D eigenvalue weighted by Crippen LogP contribution is 2.38. The Hall–Kier alpha value is -5.55. The summed E-state index contributed by atoms with van der Waals surface area (Å²) in [4.78, 5) is 7.10. The predicted octanol–water partition coefficient (Wildman–Crippen LogP) is 9.52. The summed E-state index contributed by atoms with van der Waals surface area (Å²) in [5, 5.41) is 0. The molecule has 0 fully saturated rings. The van der Waals surface area contributed by atoms with Crippen molar-refractivity contribution in [3.63, 3.8) is 0 Å². The summed E-state index contributed by atoms with van der Waals surface area (Å²) in [6.07, 6.45) is 3.56. The number of benzene rings is 5. The third-order valence-electron chi connectivity index (χ3n) is 6.80. The van der Waals surface area contributed by atoms with Crippen molar-refractivity contribution in [2.45, 2.75) is 0 Å². The normalized spacial score (nSPS) is 11.0. The molecule has 7 aromatic rings. The number of hydrogen-bond acceptors (Lipinski definition) is 4. The van der Waals surface area contributed by atoms with Crippen LogP contribution in [0.3, 0.4) is 0 Å². The standard InChI is InChI=1S/C35H25N3O2/c1-4-10-28(11-5-1)38(29-12-6-2-7-13-29)30-20-16-26(17-21-30)33-34(37-24-25-39-35(37)36-33)27-18-22-32(23-19-27)40-31-14-8-3-9-15-31/h1-25H. The number of ether oxygens (including phenoxy) is 1. The Morgan fingerprint density at radius 2 is 1.07 bits per heavy atom. The van der Waals surface area contributed by atoms with Crippen LogP contribution in [0.25, 0.3) is 28.4 Å². The molecule has 0 aliphatic rings. The van der Waals surface area contributed by atoms with Gasteiger partial charge in [0, 0.05) is 34.4 Å². The summed E-state index contributed by atoms with van der Waals surface area (Å²) in [7, 11) is 0. The second-order valence-corrected chi connectivity index (χ2v) is 9.36. The molecular weight excluding hydrogens is 494 g/mol. The molecule has 0 saturated carbocycles. The van der Waals surface area contributed by atoms with E-state index in [1.165, 1.54) is 0 Å². The molecule has 0 radical (unpaired) electrons. The van der Waals surface area contributed by atoms with Crippen LogP contribution in [0.4, 0.5) is 17.1 Å². The smallest absolute Gasteiger partial charge is 0.306 e. The van der Waals surface area contributed by atoms with Crippen LogP contribution in [0.2, 0.25) is 0 Å². The van der Waals surface area contributed by atoms with E-state index in [2.05, 4.69) is 89.8 Å². The zero-order valence-electron chi connectivity index (χ0n) is 21.6. The number of aromatic nitrogens is 2. The zero-order chi connectivity index (χ0) is 26.7. The van der Waals surface area contributed by atoms with E-state index in [4.69, 9.17) is 14.1 Å². The lowest BCUT2D eigenvalue weighted by atomic mass is 10.0. The summed E-state index contributed by atoms with van der Waals surface area (Å²) in [6.45, 7) is 0. The minimum atomic E-state index is 0.550. The van der Waals surface area contributed by atoms with E-state index >= 15 is 0 Å². The second kappa shape index (κ2) is 10.3. The minimum Gasteiger partial charge on any atom is -0.457 e. The first-order valence-corrected chi connectivity index (χ1v) is 13.1. The fourth-order valence-electron chi connectivity index (χ4n) is 4.94. The Labute approximate surface area is 232 Å². The maximum Gasteiger partial charge on any atom is 0.306 e. The van der Waals surface area contributed by atoms with E-state index in [1.807, 2.05) is 65.2 Å². The van der Waals surface area contributed by atoms with Crippen molar-refractivity contribution in [2.24, 2.45) is 0 Å². The minimum absolute atomic E-state index is 0.550. The van der Waals surface area contributed by atoms with Crippen LogP contribution in [-0.2, 0) is 0 Å². The highest BCUT2D eigenvalue weighted by atomic mass is 16.5. The van der Waals surface area contributed by atoms with Gasteiger partial charge in [0.1, 0.15) is 23.5 Å².